The standard InChI is InChI=1S/C22H20N6O6S/c29-19(13-25-21-23-9-11-33-21)27-15-1-5-17(6-2-15)35(31,32)18-7-3-16(4-8-18)28-20(30)14-26-22-24-10-12-34-22/h1-12H,13-14H2,(H,23,25)(H,24,26)(H,27,29)(H,28,30). The Balaban J connectivity index is 1.32. The largest absolute Gasteiger partial charge is 0.432 e. The summed E-state index contributed by atoms with van der Waals surface area (Å²) < 4.78 is 35.8. The third-order valence-corrected chi connectivity index (χ3v) is 6.35. The van der Waals surface area contributed by atoms with E-state index in [1.165, 1.54) is 73.5 Å². The minimum atomic E-state index is -3.80. The van der Waals surface area contributed by atoms with Gasteiger partial charge in [0.15, 0.2) is 0 Å². The second kappa shape index (κ2) is 10.5. The van der Waals surface area contributed by atoms with E-state index in [2.05, 4.69) is 31.2 Å². The van der Waals surface area contributed by atoms with E-state index in [4.69, 9.17) is 8.83 Å². The number of nitrogens with one attached hydrogen (secondary N) is 4. The molecule has 13 heteroatoms. The molecule has 180 valence electrons. The maximum Gasteiger partial charge on any atom is 0.294 e. The number of rotatable bonds is 10. The first-order valence-corrected chi connectivity index (χ1v) is 11.7. The molecule has 2 heterocycles. The Kier molecular flexibility index (Phi) is 7.07. The molecule has 0 atom stereocenters. The van der Waals surface area contributed by atoms with Gasteiger partial charge in [-0.25, -0.2) is 18.4 Å². The monoisotopic (exact) mass is 496 g/mol. The van der Waals surface area contributed by atoms with Crippen molar-refractivity contribution in [3.8, 4) is 0 Å². The number of oxazole rings is 2. The van der Waals surface area contributed by atoms with Crippen molar-refractivity contribution in [2.75, 3.05) is 34.4 Å². The Morgan fingerprint density at radius 1 is 0.686 bits per heavy atom. The minimum absolute atomic E-state index is 0.0559. The van der Waals surface area contributed by atoms with Crippen LogP contribution in [0.15, 0.2) is 92.1 Å². The van der Waals surface area contributed by atoms with E-state index in [-0.39, 0.29) is 46.7 Å². The number of sulfone groups is 1. The van der Waals surface area contributed by atoms with Crippen LogP contribution in [0.4, 0.5) is 23.4 Å². The lowest BCUT2D eigenvalue weighted by Gasteiger charge is -2.09. The molecule has 4 rings (SSSR count). The zero-order chi connectivity index (χ0) is 24.7. The minimum Gasteiger partial charge on any atom is -0.432 e. The van der Waals surface area contributed by atoms with Gasteiger partial charge in [0.25, 0.3) is 12.0 Å². The lowest BCUT2D eigenvalue weighted by molar-refractivity contribution is -0.115. The van der Waals surface area contributed by atoms with Crippen LogP contribution in [0, 0.1) is 0 Å². The smallest absolute Gasteiger partial charge is 0.294 e. The second-order valence-corrected chi connectivity index (χ2v) is 8.98. The van der Waals surface area contributed by atoms with Gasteiger partial charge in [-0.15, -0.1) is 0 Å². The number of anilines is 4. The van der Waals surface area contributed by atoms with Crippen molar-refractivity contribution >= 4 is 45.1 Å². The van der Waals surface area contributed by atoms with Crippen LogP contribution in [0.2, 0.25) is 0 Å². The summed E-state index contributed by atoms with van der Waals surface area (Å²) in [6.45, 7) is -0.140. The SMILES string of the molecule is O=C(CNc1ncco1)Nc1ccc(S(=O)(=O)c2ccc(NC(=O)CNc3ncco3)cc2)cc1. The molecular formula is C22H20N6O6S. The van der Waals surface area contributed by atoms with Gasteiger partial charge in [0.1, 0.15) is 12.5 Å². The molecule has 0 saturated heterocycles. The van der Waals surface area contributed by atoms with Crippen molar-refractivity contribution < 1.29 is 26.8 Å². The number of hydrogen-bond donors (Lipinski definition) is 4. The first kappa shape index (κ1) is 23.5. The van der Waals surface area contributed by atoms with Gasteiger partial charge in [0.2, 0.25) is 21.7 Å². The summed E-state index contributed by atoms with van der Waals surface area (Å²) in [6.07, 6.45) is 5.65. The molecule has 2 aromatic heterocycles. The molecule has 0 saturated carbocycles. The molecule has 4 aromatic rings. The van der Waals surface area contributed by atoms with E-state index < -0.39 is 9.84 Å². The summed E-state index contributed by atoms with van der Waals surface area (Å²) in [7, 11) is -3.80. The van der Waals surface area contributed by atoms with Crippen molar-refractivity contribution in [2.24, 2.45) is 0 Å². The molecule has 0 fully saturated rings. The van der Waals surface area contributed by atoms with Gasteiger partial charge in [-0.1, -0.05) is 0 Å². The van der Waals surface area contributed by atoms with Gasteiger partial charge in [-0.2, -0.15) is 0 Å². The fraction of sp³-hybridized carbons (Fsp3) is 0.0909. The van der Waals surface area contributed by atoms with E-state index in [1.54, 1.807) is 0 Å². The van der Waals surface area contributed by atoms with Gasteiger partial charge in [0, 0.05) is 11.4 Å². The molecule has 0 aliphatic rings. The first-order valence-electron chi connectivity index (χ1n) is 10.2. The number of benzene rings is 2. The summed E-state index contributed by atoms with van der Waals surface area (Å²) >= 11 is 0. The predicted molar refractivity (Wildman–Crippen MR) is 126 cm³/mol. The highest BCUT2D eigenvalue weighted by atomic mass is 32.2. The van der Waals surface area contributed by atoms with Crippen LogP contribution in [0.3, 0.4) is 0 Å². The van der Waals surface area contributed by atoms with Crippen LogP contribution in [0.5, 0.6) is 0 Å². The Labute approximate surface area is 199 Å². The van der Waals surface area contributed by atoms with Gasteiger partial charge in [0.05, 0.1) is 35.3 Å². The second-order valence-electron chi connectivity index (χ2n) is 7.03. The summed E-state index contributed by atoms with van der Waals surface area (Å²) in [5.74, 6) is -0.709. The van der Waals surface area contributed by atoms with Crippen molar-refractivity contribution in [3.63, 3.8) is 0 Å². The summed E-state index contributed by atoms with van der Waals surface area (Å²) in [4.78, 5) is 31.8. The fourth-order valence-corrected chi connectivity index (χ4v) is 4.18. The number of nitrogens with zero attached hydrogens (tertiary/aromatic N) is 2. The van der Waals surface area contributed by atoms with E-state index in [0.29, 0.717) is 11.4 Å². The van der Waals surface area contributed by atoms with E-state index in [1.807, 2.05) is 0 Å². The highest BCUT2D eigenvalue weighted by molar-refractivity contribution is 7.91. The maximum absolute atomic E-state index is 12.9. The van der Waals surface area contributed by atoms with Crippen LogP contribution >= 0.6 is 0 Å². The third-order valence-electron chi connectivity index (χ3n) is 4.56. The Morgan fingerprint density at radius 3 is 1.43 bits per heavy atom. The van der Waals surface area contributed by atoms with E-state index in [9.17, 15) is 18.0 Å². The van der Waals surface area contributed by atoms with Gasteiger partial charge in [-0.3, -0.25) is 9.59 Å². The molecule has 0 radical (unpaired) electrons. The number of aromatic nitrogens is 2. The molecule has 35 heavy (non-hydrogen) atoms. The number of amides is 2. The van der Waals surface area contributed by atoms with E-state index >= 15 is 0 Å². The molecule has 0 spiro atoms. The molecule has 0 aliphatic heterocycles. The summed E-state index contributed by atoms with van der Waals surface area (Å²) in [5.41, 5.74) is 0.860. The average Bonchev–Trinajstić information content (AvgIpc) is 3.57. The third kappa shape index (κ3) is 6.23. The quantitative estimate of drug-likeness (QED) is 0.256. The van der Waals surface area contributed by atoms with Crippen LogP contribution in [0.25, 0.3) is 0 Å². The Morgan fingerprint density at radius 2 is 1.09 bits per heavy atom. The van der Waals surface area contributed by atoms with Gasteiger partial charge in [-0.05, 0) is 48.5 Å². The van der Waals surface area contributed by atoms with Crippen molar-refractivity contribution in [1.29, 1.82) is 0 Å². The van der Waals surface area contributed by atoms with Crippen molar-refractivity contribution in [3.05, 3.63) is 73.5 Å². The van der Waals surface area contributed by atoms with Crippen LogP contribution in [-0.4, -0.2) is 43.3 Å². The van der Waals surface area contributed by atoms with E-state index in [0.717, 1.165) is 0 Å². The summed E-state index contributed by atoms with van der Waals surface area (Å²) in [5, 5.41) is 10.7. The lowest BCUT2D eigenvalue weighted by atomic mass is 10.3. The zero-order valence-corrected chi connectivity index (χ0v) is 18.9. The van der Waals surface area contributed by atoms with Crippen LogP contribution < -0.4 is 21.3 Å². The zero-order valence-electron chi connectivity index (χ0n) is 18.1. The fourth-order valence-electron chi connectivity index (χ4n) is 2.91. The lowest BCUT2D eigenvalue weighted by Crippen LogP contribution is -2.22. The maximum atomic E-state index is 12.9. The van der Waals surface area contributed by atoms with Crippen molar-refractivity contribution in [2.45, 2.75) is 9.79 Å². The molecular weight excluding hydrogens is 476 g/mol. The Bertz CT molecular complexity index is 1270. The predicted octanol–water partition coefficient (Wildman–Crippen LogP) is 2.60. The molecule has 12 nitrogen and oxygen atoms in total. The topological polar surface area (TPSA) is 168 Å². The number of carbonyl (C=O) groups is 2. The first-order chi connectivity index (χ1) is 16.9. The normalized spacial score (nSPS) is 11.0. The van der Waals surface area contributed by atoms with Gasteiger partial charge < -0.3 is 30.1 Å². The number of hydrogen-bond acceptors (Lipinski definition) is 10. The molecule has 2 aromatic carbocycles. The highest BCUT2D eigenvalue weighted by Gasteiger charge is 2.18. The molecule has 0 unspecified atom stereocenters. The molecule has 2 amide bonds. The number of carbonyl (C=O) groups excluding carboxylic acids is 2. The van der Waals surface area contributed by atoms with Crippen molar-refractivity contribution in [1.82, 2.24) is 9.97 Å². The van der Waals surface area contributed by atoms with Crippen LogP contribution in [-0.2, 0) is 19.4 Å². The molecule has 0 aliphatic carbocycles. The van der Waals surface area contributed by atoms with Gasteiger partial charge >= 0.3 is 0 Å². The van der Waals surface area contributed by atoms with Crippen LogP contribution in [0.1, 0.15) is 0 Å². The highest BCUT2D eigenvalue weighted by Crippen LogP contribution is 2.24. The molecule has 0 bridgehead atoms. The Hall–Kier alpha value is -4.65. The summed E-state index contributed by atoms with van der Waals surface area (Å²) in [6, 6.07) is 12.0. The molecule has 4 N–H and O–H groups in total. The average molecular weight is 497 g/mol.